The van der Waals surface area contributed by atoms with Crippen molar-refractivity contribution >= 4 is 57.4 Å². The molecule has 0 bridgehead atoms. The summed E-state index contributed by atoms with van der Waals surface area (Å²) in [4.78, 5) is 28.0. The van der Waals surface area contributed by atoms with Gasteiger partial charge < -0.3 is 0 Å². The van der Waals surface area contributed by atoms with Gasteiger partial charge in [-0.3, -0.25) is 9.59 Å². The summed E-state index contributed by atoms with van der Waals surface area (Å²) in [6.07, 6.45) is 0.871. The predicted octanol–water partition coefficient (Wildman–Crippen LogP) is 10.0. The maximum atomic E-state index is 12.0. The number of carbonyl (C=O) groups excluding carboxylic acids is 2. The molecule has 0 saturated heterocycles. The molecule has 6 heteroatoms. The number of aryl methyl sites for hydroxylation is 2. The highest BCUT2D eigenvalue weighted by Crippen LogP contribution is 2.43. The van der Waals surface area contributed by atoms with E-state index >= 15 is 0 Å². The zero-order chi connectivity index (χ0) is 26.1. The van der Waals surface area contributed by atoms with Gasteiger partial charge >= 0.3 is 1.43 Å². The van der Waals surface area contributed by atoms with Gasteiger partial charge in [0.2, 0.25) is 0 Å². The number of carbonyl (C=O) groups is 2. The van der Waals surface area contributed by atoms with Crippen LogP contribution in [0.25, 0.3) is 22.3 Å². The third-order valence-electron chi connectivity index (χ3n) is 6.18. The fourth-order valence-electron chi connectivity index (χ4n) is 4.32. The van der Waals surface area contributed by atoms with Crippen molar-refractivity contribution in [2.45, 2.75) is 34.1 Å². The number of benzene rings is 2. The molecule has 1 atom stereocenters. The monoisotopic (exact) mass is 553 g/mol. The number of fused-ring (bicyclic) bond motifs is 1. The molecular weight excluding hydrogens is 527 g/mol. The van der Waals surface area contributed by atoms with Crippen LogP contribution < -0.4 is 0 Å². The van der Waals surface area contributed by atoms with E-state index in [4.69, 9.17) is 23.2 Å². The molecule has 2 aromatic heterocycles. The molecule has 5 rings (SSSR count). The van der Waals surface area contributed by atoms with E-state index in [-0.39, 0.29) is 13.1 Å². The van der Waals surface area contributed by atoms with Crippen molar-refractivity contribution < 1.29 is 11.0 Å². The number of ketones is 2. The first kappa shape index (κ1) is 26.6. The maximum Gasteiger partial charge on any atom is 1.00 e. The highest BCUT2D eigenvalue weighted by atomic mass is 35.5. The molecule has 184 valence electrons. The standard InChI is InChI=1S/2C15H13ClOS/c1-8-7-12-13(9(2)18-15(12)14(8)17)10-3-5-11(16)6-4-10;1-9(2)15(17)14-8-13(10(3)18-14)11-4-6-12(16)7-5-11/h3-6,8H,7H2,1-2H3;4-8H,1H2,2-3H3/p+1. The van der Waals surface area contributed by atoms with Crippen molar-refractivity contribution in [3.63, 3.8) is 0 Å². The van der Waals surface area contributed by atoms with Crippen molar-refractivity contribution in [2.75, 3.05) is 0 Å². The van der Waals surface area contributed by atoms with E-state index in [0.717, 1.165) is 42.8 Å². The second-order valence-electron chi connectivity index (χ2n) is 9.01. The molecule has 4 aromatic rings. The second kappa shape index (κ2) is 10.9. The van der Waals surface area contributed by atoms with Crippen LogP contribution in [-0.2, 0) is 6.42 Å². The summed E-state index contributed by atoms with van der Waals surface area (Å²) in [7, 11) is 0. The topological polar surface area (TPSA) is 34.1 Å². The predicted molar refractivity (Wildman–Crippen MR) is 156 cm³/mol. The van der Waals surface area contributed by atoms with Crippen LogP contribution in [0.2, 0.25) is 10.0 Å². The third kappa shape index (κ3) is 5.42. The van der Waals surface area contributed by atoms with Gasteiger partial charge in [-0.05, 0) is 90.9 Å². The van der Waals surface area contributed by atoms with E-state index in [1.165, 1.54) is 27.3 Å². The zero-order valence-electron chi connectivity index (χ0n) is 21.6. The quantitative estimate of drug-likeness (QED) is 0.186. The molecule has 0 aliphatic heterocycles. The Morgan fingerprint density at radius 2 is 1.50 bits per heavy atom. The van der Waals surface area contributed by atoms with E-state index in [2.05, 4.69) is 13.5 Å². The first-order valence-corrected chi connectivity index (χ1v) is 13.9. The number of hydrogen-bond acceptors (Lipinski definition) is 4. The lowest BCUT2D eigenvalue weighted by molar-refractivity contribution is 0.0949. The lowest BCUT2D eigenvalue weighted by Crippen LogP contribution is -2.02. The number of rotatable bonds is 4. The molecule has 0 radical (unpaired) electrons. The molecule has 1 aliphatic carbocycles. The number of hydrogen-bond donors (Lipinski definition) is 0. The summed E-state index contributed by atoms with van der Waals surface area (Å²) < 4.78 is 0. The van der Waals surface area contributed by atoms with Crippen LogP contribution in [0.4, 0.5) is 0 Å². The average molecular weight is 555 g/mol. The minimum atomic E-state index is 0. The van der Waals surface area contributed by atoms with Crippen LogP contribution in [0.15, 0.2) is 66.7 Å². The Morgan fingerprint density at radius 1 is 0.944 bits per heavy atom. The highest BCUT2D eigenvalue weighted by molar-refractivity contribution is 7.15. The van der Waals surface area contributed by atoms with Gasteiger partial charge in [-0.15, -0.1) is 22.7 Å². The maximum absolute atomic E-state index is 12.0. The molecule has 0 amide bonds. The van der Waals surface area contributed by atoms with Crippen LogP contribution in [0.1, 0.15) is 49.9 Å². The Balaban J connectivity index is 0.000000200. The van der Waals surface area contributed by atoms with E-state index in [9.17, 15) is 9.59 Å². The minimum absolute atomic E-state index is 0. The molecule has 1 aliphatic rings. The van der Waals surface area contributed by atoms with Crippen LogP contribution >= 0.6 is 45.9 Å². The number of halogens is 2. The van der Waals surface area contributed by atoms with Crippen molar-refractivity contribution in [3.05, 3.63) is 102 Å². The largest absolute Gasteiger partial charge is 1.00 e. The van der Waals surface area contributed by atoms with Crippen molar-refractivity contribution in [1.82, 2.24) is 0 Å². The molecule has 2 aromatic carbocycles. The van der Waals surface area contributed by atoms with Crippen LogP contribution in [0.3, 0.4) is 0 Å². The van der Waals surface area contributed by atoms with Gasteiger partial charge in [0.1, 0.15) is 0 Å². The first-order valence-electron chi connectivity index (χ1n) is 11.6. The van der Waals surface area contributed by atoms with E-state index in [0.29, 0.717) is 16.4 Å². The van der Waals surface area contributed by atoms with Gasteiger partial charge in [0, 0.05) is 25.7 Å². The molecule has 1 unspecified atom stereocenters. The van der Waals surface area contributed by atoms with Gasteiger partial charge in [-0.1, -0.05) is 61.0 Å². The molecule has 2 heterocycles. The van der Waals surface area contributed by atoms with Crippen LogP contribution in [-0.4, -0.2) is 11.6 Å². The van der Waals surface area contributed by atoms with Crippen LogP contribution in [0.5, 0.6) is 0 Å². The fraction of sp³-hybridized carbons (Fsp3) is 0.200. The van der Waals surface area contributed by atoms with Gasteiger partial charge in [0.15, 0.2) is 11.6 Å². The zero-order valence-corrected chi connectivity index (χ0v) is 23.7. The lowest BCUT2D eigenvalue weighted by Gasteiger charge is -2.05. The van der Waals surface area contributed by atoms with E-state index in [1.807, 2.05) is 68.4 Å². The van der Waals surface area contributed by atoms with Gasteiger partial charge in [-0.25, -0.2) is 0 Å². The minimum Gasteiger partial charge on any atom is -0.293 e. The SMILES string of the molecule is C=C(C)C(=O)c1cc(-c2ccc(Cl)cc2)c(C)s1.Cc1sc2c(c1-c1ccc(Cl)cc1)CC(C)C2=O.[H+]. The smallest absolute Gasteiger partial charge is 0.293 e. The first-order chi connectivity index (χ1) is 17.1. The number of Topliss-reactive ketones (excluding diaryl/α,β-unsaturated/α-hetero) is 2. The highest BCUT2D eigenvalue weighted by Gasteiger charge is 2.32. The summed E-state index contributed by atoms with van der Waals surface area (Å²) >= 11 is 14.9. The lowest BCUT2D eigenvalue weighted by atomic mass is 9.99. The third-order valence-corrected chi connectivity index (χ3v) is 8.90. The normalized spacial score (nSPS) is 14.3. The molecule has 0 saturated carbocycles. The van der Waals surface area contributed by atoms with E-state index < -0.39 is 0 Å². The Hall–Kier alpha value is -2.50. The Bertz CT molecular complexity index is 1460. The Kier molecular flexibility index (Phi) is 8.01. The Morgan fingerprint density at radius 3 is 2.06 bits per heavy atom. The molecule has 0 fully saturated rings. The summed E-state index contributed by atoms with van der Waals surface area (Å²) in [6.45, 7) is 11.5. The molecule has 0 N–H and O–H groups in total. The second-order valence-corrected chi connectivity index (χ2v) is 12.4. The van der Waals surface area contributed by atoms with E-state index in [1.54, 1.807) is 18.3 Å². The molecule has 36 heavy (non-hydrogen) atoms. The van der Waals surface area contributed by atoms with Gasteiger partial charge in [-0.2, -0.15) is 0 Å². The summed E-state index contributed by atoms with van der Waals surface area (Å²) in [6, 6.07) is 17.4. The number of allylic oxidation sites excluding steroid dienone is 1. The van der Waals surface area contributed by atoms with Crippen molar-refractivity contribution in [3.8, 4) is 22.3 Å². The molecular formula is C30H27Cl2O2S2+. The fourth-order valence-corrected chi connectivity index (χ4v) is 6.89. The number of thiophene rings is 2. The van der Waals surface area contributed by atoms with Crippen molar-refractivity contribution in [1.29, 1.82) is 0 Å². The summed E-state index contributed by atoms with van der Waals surface area (Å²) in [5.41, 5.74) is 6.37. The average Bonchev–Trinajstić information content (AvgIpc) is 3.47. The molecule has 2 nitrogen and oxygen atoms in total. The Labute approximate surface area is 231 Å². The summed E-state index contributed by atoms with van der Waals surface area (Å²) in [5.74, 6) is 0.458. The van der Waals surface area contributed by atoms with Gasteiger partial charge in [0.25, 0.3) is 0 Å². The summed E-state index contributed by atoms with van der Waals surface area (Å²) in [5, 5.41) is 1.46. The molecule has 0 spiro atoms. The van der Waals surface area contributed by atoms with Gasteiger partial charge in [0.05, 0.1) is 9.75 Å². The van der Waals surface area contributed by atoms with Crippen LogP contribution in [0, 0.1) is 19.8 Å². The van der Waals surface area contributed by atoms with Crippen molar-refractivity contribution in [2.24, 2.45) is 5.92 Å².